The van der Waals surface area contributed by atoms with Gasteiger partial charge in [0.1, 0.15) is 11.4 Å². The highest BCUT2D eigenvalue weighted by atomic mass is 16.6. The van der Waals surface area contributed by atoms with E-state index in [9.17, 15) is 4.79 Å². The first-order valence-electron chi connectivity index (χ1n) is 10.2. The molecule has 2 fully saturated rings. The van der Waals surface area contributed by atoms with Crippen molar-refractivity contribution in [3.8, 4) is 5.75 Å². The van der Waals surface area contributed by atoms with Crippen molar-refractivity contribution >= 4 is 6.09 Å². The number of amides is 1. The van der Waals surface area contributed by atoms with Crippen LogP contribution in [0, 0.1) is 5.41 Å². The third kappa shape index (κ3) is 5.17. The molecule has 1 aromatic carbocycles. The maximum absolute atomic E-state index is 12.3. The molecule has 156 valence electrons. The highest BCUT2D eigenvalue weighted by Crippen LogP contribution is 2.39. The van der Waals surface area contributed by atoms with Gasteiger partial charge in [-0.25, -0.2) is 4.79 Å². The van der Waals surface area contributed by atoms with E-state index in [1.807, 2.05) is 37.8 Å². The molecule has 0 saturated carbocycles. The quantitative estimate of drug-likeness (QED) is 0.836. The second-order valence-corrected chi connectivity index (χ2v) is 8.95. The number of hydrogen-bond acceptors (Lipinski definition) is 5. The zero-order valence-corrected chi connectivity index (χ0v) is 17.6. The Balaban J connectivity index is 1.48. The summed E-state index contributed by atoms with van der Waals surface area (Å²) in [6, 6.07) is 8.57. The van der Waals surface area contributed by atoms with Crippen molar-refractivity contribution in [2.45, 2.75) is 51.7 Å². The zero-order valence-electron chi connectivity index (χ0n) is 17.6. The lowest BCUT2D eigenvalue weighted by Gasteiger charge is -2.42. The molecule has 6 nitrogen and oxygen atoms in total. The Labute approximate surface area is 168 Å². The molecular formula is C22H34N2O4. The van der Waals surface area contributed by atoms with Gasteiger partial charge in [0.25, 0.3) is 0 Å². The molecule has 2 aliphatic heterocycles. The molecule has 2 saturated heterocycles. The standard InChI is InChI=1S/C22H34N2O4/c1-21(2,3)28-20(25)24-13-10-22(11-14-24)16-27-15-19(22)23-12-9-17-5-7-18(26-4)8-6-17/h5-8,19,23H,9-16H2,1-4H3. The average Bonchev–Trinajstić information content (AvgIpc) is 3.03. The minimum Gasteiger partial charge on any atom is -0.497 e. The minimum atomic E-state index is -0.450. The van der Waals surface area contributed by atoms with Crippen molar-refractivity contribution in [2.24, 2.45) is 5.41 Å². The van der Waals surface area contributed by atoms with E-state index in [0.717, 1.165) is 57.9 Å². The lowest BCUT2D eigenvalue weighted by Crippen LogP contribution is -2.53. The Bertz CT molecular complexity index is 645. The number of hydrogen-bond donors (Lipinski definition) is 1. The van der Waals surface area contributed by atoms with Gasteiger partial charge in [-0.2, -0.15) is 0 Å². The molecule has 1 spiro atoms. The van der Waals surface area contributed by atoms with Crippen LogP contribution in [0.25, 0.3) is 0 Å². The van der Waals surface area contributed by atoms with Gasteiger partial charge >= 0.3 is 6.09 Å². The topological polar surface area (TPSA) is 60.0 Å². The fraction of sp³-hybridized carbons (Fsp3) is 0.682. The molecule has 6 heteroatoms. The smallest absolute Gasteiger partial charge is 0.410 e. The minimum absolute atomic E-state index is 0.123. The Morgan fingerprint density at radius 3 is 2.54 bits per heavy atom. The van der Waals surface area contributed by atoms with E-state index >= 15 is 0 Å². The molecule has 1 unspecified atom stereocenters. The molecule has 0 aliphatic carbocycles. The summed E-state index contributed by atoms with van der Waals surface area (Å²) in [7, 11) is 1.68. The van der Waals surface area contributed by atoms with E-state index in [0.29, 0.717) is 6.04 Å². The number of likely N-dealkylation sites (tertiary alicyclic amines) is 1. The highest BCUT2D eigenvalue weighted by molar-refractivity contribution is 5.68. The van der Waals surface area contributed by atoms with Crippen LogP contribution in [0.4, 0.5) is 4.79 Å². The van der Waals surface area contributed by atoms with E-state index in [-0.39, 0.29) is 11.5 Å². The summed E-state index contributed by atoms with van der Waals surface area (Å²) < 4.78 is 16.6. The number of carbonyl (C=O) groups is 1. The van der Waals surface area contributed by atoms with Crippen LogP contribution in [0.1, 0.15) is 39.2 Å². The first-order chi connectivity index (χ1) is 13.3. The van der Waals surface area contributed by atoms with Crippen molar-refractivity contribution in [3.63, 3.8) is 0 Å². The molecule has 0 bridgehead atoms. The van der Waals surface area contributed by atoms with Crippen LogP contribution in [0.5, 0.6) is 5.75 Å². The number of ether oxygens (including phenoxy) is 3. The number of carbonyl (C=O) groups excluding carboxylic acids is 1. The van der Waals surface area contributed by atoms with Gasteiger partial charge in [-0.3, -0.25) is 0 Å². The van der Waals surface area contributed by atoms with Gasteiger partial charge in [0.05, 0.1) is 20.3 Å². The lowest BCUT2D eigenvalue weighted by atomic mass is 9.74. The van der Waals surface area contributed by atoms with Gasteiger partial charge in [-0.05, 0) is 64.3 Å². The maximum atomic E-state index is 12.3. The maximum Gasteiger partial charge on any atom is 0.410 e. The predicted octanol–water partition coefficient (Wildman–Crippen LogP) is 3.24. The van der Waals surface area contributed by atoms with Gasteiger partial charge in [0.2, 0.25) is 0 Å². The summed E-state index contributed by atoms with van der Waals surface area (Å²) in [5.74, 6) is 0.886. The summed E-state index contributed by atoms with van der Waals surface area (Å²) in [6.07, 6.45) is 2.67. The zero-order chi connectivity index (χ0) is 20.2. The van der Waals surface area contributed by atoms with Crippen molar-refractivity contribution in [3.05, 3.63) is 29.8 Å². The molecule has 2 heterocycles. The molecule has 1 aromatic rings. The van der Waals surface area contributed by atoms with Crippen LogP contribution in [-0.4, -0.2) is 62.6 Å². The van der Waals surface area contributed by atoms with Crippen molar-refractivity contribution in [1.82, 2.24) is 10.2 Å². The van der Waals surface area contributed by atoms with Gasteiger partial charge in [0.15, 0.2) is 0 Å². The molecule has 2 aliphatic rings. The van der Waals surface area contributed by atoms with E-state index in [4.69, 9.17) is 14.2 Å². The fourth-order valence-corrected chi connectivity index (χ4v) is 4.07. The Morgan fingerprint density at radius 2 is 1.93 bits per heavy atom. The molecule has 1 N–H and O–H groups in total. The lowest BCUT2D eigenvalue weighted by molar-refractivity contribution is 0.00599. The normalized spacial score (nSPS) is 21.7. The highest BCUT2D eigenvalue weighted by Gasteiger charge is 2.46. The Morgan fingerprint density at radius 1 is 1.25 bits per heavy atom. The number of nitrogens with one attached hydrogen (secondary N) is 1. The summed E-state index contributed by atoms with van der Waals surface area (Å²) in [5, 5.41) is 3.71. The third-order valence-corrected chi connectivity index (χ3v) is 5.79. The van der Waals surface area contributed by atoms with E-state index in [1.165, 1.54) is 5.56 Å². The number of benzene rings is 1. The first-order valence-corrected chi connectivity index (χ1v) is 10.2. The second kappa shape index (κ2) is 8.70. The summed E-state index contributed by atoms with van der Waals surface area (Å²) in [6.45, 7) is 9.61. The van der Waals surface area contributed by atoms with Crippen LogP contribution in [0.2, 0.25) is 0 Å². The molecule has 0 radical (unpaired) electrons. The van der Waals surface area contributed by atoms with E-state index in [1.54, 1.807) is 7.11 Å². The van der Waals surface area contributed by atoms with Gasteiger partial charge in [-0.15, -0.1) is 0 Å². The molecule has 0 aromatic heterocycles. The van der Waals surface area contributed by atoms with Crippen LogP contribution in [0.3, 0.4) is 0 Å². The first kappa shape index (κ1) is 20.9. The second-order valence-electron chi connectivity index (χ2n) is 8.95. The largest absolute Gasteiger partial charge is 0.497 e. The van der Waals surface area contributed by atoms with E-state index < -0.39 is 5.60 Å². The van der Waals surface area contributed by atoms with Crippen LogP contribution >= 0.6 is 0 Å². The third-order valence-electron chi connectivity index (χ3n) is 5.79. The van der Waals surface area contributed by atoms with Gasteiger partial charge in [-0.1, -0.05) is 12.1 Å². The Kier molecular flexibility index (Phi) is 6.50. The molecule has 28 heavy (non-hydrogen) atoms. The van der Waals surface area contributed by atoms with Gasteiger partial charge in [0, 0.05) is 24.5 Å². The molecule has 1 amide bonds. The van der Waals surface area contributed by atoms with Crippen LogP contribution in [0.15, 0.2) is 24.3 Å². The van der Waals surface area contributed by atoms with Crippen LogP contribution in [-0.2, 0) is 15.9 Å². The average molecular weight is 391 g/mol. The predicted molar refractivity (Wildman–Crippen MR) is 109 cm³/mol. The SMILES string of the molecule is COc1ccc(CCNC2COCC23CCN(C(=O)OC(C)(C)C)CC3)cc1. The number of piperidine rings is 1. The van der Waals surface area contributed by atoms with E-state index in [2.05, 4.69) is 17.4 Å². The number of rotatable bonds is 5. The van der Waals surface area contributed by atoms with Crippen molar-refractivity contribution < 1.29 is 19.0 Å². The summed E-state index contributed by atoms with van der Waals surface area (Å²) >= 11 is 0. The Hall–Kier alpha value is -1.79. The van der Waals surface area contributed by atoms with Gasteiger partial charge < -0.3 is 24.4 Å². The fourth-order valence-electron chi connectivity index (χ4n) is 4.07. The molecular weight excluding hydrogens is 356 g/mol. The summed E-state index contributed by atoms with van der Waals surface area (Å²) in [4.78, 5) is 14.2. The summed E-state index contributed by atoms with van der Waals surface area (Å²) in [5.41, 5.74) is 0.966. The molecule has 3 rings (SSSR count). The molecule has 1 atom stereocenters. The number of nitrogens with zero attached hydrogens (tertiary/aromatic N) is 1. The van der Waals surface area contributed by atoms with Crippen molar-refractivity contribution in [2.75, 3.05) is 40.0 Å². The number of methoxy groups -OCH3 is 1. The van der Waals surface area contributed by atoms with Crippen molar-refractivity contribution in [1.29, 1.82) is 0 Å². The monoisotopic (exact) mass is 390 g/mol. The van der Waals surface area contributed by atoms with Crippen LogP contribution < -0.4 is 10.1 Å².